The van der Waals surface area contributed by atoms with E-state index in [9.17, 15) is 9.90 Å². The molecule has 1 N–H and O–H groups in total. The molecule has 3 nitrogen and oxygen atoms in total. The van der Waals surface area contributed by atoms with E-state index < -0.39 is 11.9 Å². The molecule has 0 fully saturated rings. The van der Waals surface area contributed by atoms with Gasteiger partial charge >= 0.3 is 5.97 Å². The van der Waals surface area contributed by atoms with Crippen molar-refractivity contribution in [2.45, 2.75) is 32.1 Å². The first-order chi connectivity index (χ1) is 10.7. The molecule has 116 valence electrons. The summed E-state index contributed by atoms with van der Waals surface area (Å²) in [6, 6.07) is 17.4. The van der Waals surface area contributed by atoms with E-state index in [-0.39, 0.29) is 0 Å². The molecule has 0 aliphatic carbocycles. The number of ether oxygens (including phenoxy) is 1. The maximum absolute atomic E-state index is 11.4. The van der Waals surface area contributed by atoms with Gasteiger partial charge in [0.15, 0.2) is 0 Å². The quantitative estimate of drug-likeness (QED) is 0.740. The molecule has 0 heterocycles. The van der Waals surface area contributed by atoms with E-state index in [1.807, 2.05) is 42.5 Å². The van der Waals surface area contributed by atoms with Gasteiger partial charge in [0.1, 0.15) is 5.75 Å². The Bertz CT molecular complexity index is 575. The maximum Gasteiger partial charge on any atom is 0.310 e. The minimum Gasteiger partial charge on any atom is -0.494 e. The average molecular weight is 298 g/mol. The molecule has 0 aromatic heterocycles. The zero-order valence-electron chi connectivity index (χ0n) is 12.9. The van der Waals surface area contributed by atoms with Gasteiger partial charge in [0.2, 0.25) is 0 Å². The molecule has 0 bridgehead atoms. The lowest BCUT2D eigenvalue weighted by Crippen LogP contribution is -2.13. The van der Waals surface area contributed by atoms with Crippen molar-refractivity contribution in [1.29, 1.82) is 0 Å². The number of carbonyl (C=O) groups is 1. The lowest BCUT2D eigenvalue weighted by molar-refractivity contribution is -0.139. The predicted octanol–water partition coefficient (Wildman–Crippen LogP) is 4.28. The molecule has 2 rings (SSSR count). The van der Waals surface area contributed by atoms with Crippen molar-refractivity contribution >= 4 is 5.97 Å². The van der Waals surface area contributed by atoms with Crippen LogP contribution in [-0.4, -0.2) is 17.7 Å². The number of aliphatic carboxylic acids is 1. The van der Waals surface area contributed by atoms with Crippen LogP contribution < -0.4 is 4.74 Å². The lowest BCUT2D eigenvalue weighted by atomic mass is 9.95. The SMILES string of the molecule is CCc1ccc(OCCCC(C(=O)O)c2ccccc2)cc1. The molecule has 1 atom stereocenters. The highest BCUT2D eigenvalue weighted by Crippen LogP contribution is 2.22. The molecule has 3 heteroatoms. The highest BCUT2D eigenvalue weighted by atomic mass is 16.5. The van der Waals surface area contributed by atoms with E-state index in [4.69, 9.17) is 4.74 Å². The zero-order valence-corrected chi connectivity index (χ0v) is 12.9. The third kappa shape index (κ3) is 4.62. The largest absolute Gasteiger partial charge is 0.494 e. The molecule has 0 saturated carbocycles. The van der Waals surface area contributed by atoms with Gasteiger partial charge in [-0.25, -0.2) is 0 Å². The second-order valence-corrected chi connectivity index (χ2v) is 5.29. The first-order valence-corrected chi connectivity index (χ1v) is 7.70. The first kappa shape index (κ1) is 16.1. The molecule has 0 spiro atoms. The fourth-order valence-corrected chi connectivity index (χ4v) is 2.42. The van der Waals surface area contributed by atoms with Crippen molar-refractivity contribution in [3.8, 4) is 5.75 Å². The van der Waals surface area contributed by atoms with Crippen molar-refractivity contribution < 1.29 is 14.6 Å². The van der Waals surface area contributed by atoms with Crippen molar-refractivity contribution in [2.24, 2.45) is 0 Å². The number of hydrogen-bond acceptors (Lipinski definition) is 2. The van der Waals surface area contributed by atoms with Crippen LogP contribution in [0.4, 0.5) is 0 Å². The van der Waals surface area contributed by atoms with Crippen LogP contribution in [0, 0.1) is 0 Å². The third-order valence-electron chi connectivity index (χ3n) is 3.74. The molecule has 0 radical (unpaired) electrons. The second kappa shape index (κ2) is 8.23. The Kier molecular flexibility index (Phi) is 6.01. The van der Waals surface area contributed by atoms with Crippen molar-refractivity contribution in [3.05, 3.63) is 65.7 Å². The molecule has 0 aliphatic heterocycles. The van der Waals surface area contributed by atoms with E-state index in [2.05, 4.69) is 19.1 Å². The van der Waals surface area contributed by atoms with Crippen molar-refractivity contribution in [1.82, 2.24) is 0 Å². The van der Waals surface area contributed by atoms with Crippen molar-refractivity contribution in [2.75, 3.05) is 6.61 Å². The molecule has 0 saturated heterocycles. The smallest absolute Gasteiger partial charge is 0.310 e. The van der Waals surface area contributed by atoms with E-state index in [0.29, 0.717) is 19.4 Å². The Morgan fingerprint density at radius 1 is 1.09 bits per heavy atom. The van der Waals surface area contributed by atoms with Gasteiger partial charge in [0.05, 0.1) is 12.5 Å². The fraction of sp³-hybridized carbons (Fsp3) is 0.316. The van der Waals surface area contributed by atoms with Crippen LogP contribution in [0.15, 0.2) is 54.6 Å². The first-order valence-electron chi connectivity index (χ1n) is 7.70. The highest BCUT2D eigenvalue weighted by Gasteiger charge is 2.18. The van der Waals surface area contributed by atoms with E-state index >= 15 is 0 Å². The number of carboxylic acids is 1. The predicted molar refractivity (Wildman–Crippen MR) is 87.4 cm³/mol. The van der Waals surface area contributed by atoms with Gasteiger partial charge in [-0.15, -0.1) is 0 Å². The Hall–Kier alpha value is -2.29. The molecule has 0 aliphatic rings. The van der Waals surface area contributed by atoms with Gasteiger partial charge in [-0.3, -0.25) is 4.79 Å². The summed E-state index contributed by atoms with van der Waals surface area (Å²) in [6.45, 7) is 2.65. The molecule has 22 heavy (non-hydrogen) atoms. The highest BCUT2D eigenvalue weighted by molar-refractivity contribution is 5.75. The van der Waals surface area contributed by atoms with Gasteiger partial charge in [-0.2, -0.15) is 0 Å². The second-order valence-electron chi connectivity index (χ2n) is 5.29. The van der Waals surface area contributed by atoms with Gasteiger partial charge < -0.3 is 9.84 Å². The van der Waals surface area contributed by atoms with Crippen LogP contribution in [-0.2, 0) is 11.2 Å². The summed E-state index contributed by atoms with van der Waals surface area (Å²) in [6.07, 6.45) is 2.30. The van der Waals surface area contributed by atoms with Gasteiger partial charge in [-0.05, 0) is 42.5 Å². The summed E-state index contributed by atoms with van der Waals surface area (Å²) >= 11 is 0. The minimum absolute atomic E-state index is 0.465. The third-order valence-corrected chi connectivity index (χ3v) is 3.74. The van der Waals surface area contributed by atoms with Gasteiger partial charge in [0, 0.05) is 0 Å². The van der Waals surface area contributed by atoms with Gasteiger partial charge in [0.25, 0.3) is 0 Å². The van der Waals surface area contributed by atoms with Crippen LogP contribution in [0.25, 0.3) is 0 Å². The van der Waals surface area contributed by atoms with Crippen LogP contribution in [0.5, 0.6) is 5.75 Å². The standard InChI is InChI=1S/C19H22O3/c1-2-15-10-12-17(13-11-15)22-14-6-9-18(19(20)21)16-7-4-3-5-8-16/h3-5,7-8,10-13,18H,2,6,9,14H2,1H3,(H,20,21). The molecule has 0 amide bonds. The number of aryl methyl sites for hydroxylation is 1. The van der Waals surface area contributed by atoms with Crippen molar-refractivity contribution in [3.63, 3.8) is 0 Å². The number of carboxylic acid groups (broad SMARTS) is 1. The minimum atomic E-state index is -0.779. The zero-order chi connectivity index (χ0) is 15.8. The fourth-order valence-electron chi connectivity index (χ4n) is 2.42. The Labute approximate surface area is 131 Å². The summed E-state index contributed by atoms with van der Waals surface area (Å²) in [7, 11) is 0. The molecule has 1 unspecified atom stereocenters. The summed E-state index contributed by atoms with van der Waals surface area (Å²) in [5.41, 5.74) is 2.13. The molecular formula is C19H22O3. The average Bonchev–Trinajstić information content (AvgIpc) is 2.56. The number of hydrogen-bond donors (Lipinski definition) is 1. The lowest BCUT2D eigenvalue weighted by Gasteiger charge is -2.13. The summed E-state index contributed by atoms with van der Waals surface area (Å²) in [5, 5.41) is 9.36. The summed E-state index contributed by atoms with van der Waals surface area (Å²) < 4.78 is 5.68. The topological polar surface area (TPSA) is 46.5 Å². The van der Waals surface area contributed by atoms with Crippen LogP contribution in [0.1, 0.15) is 36.8 Å². The normalized spacial score (nSPS) is 11.9. The molecule has 2 aromatic carbocycles. The Balaban J connectivity index is 1.82. The van der Waals surface area contributed by atoms with E-state index in [1.54, 1.807) is 0 Å². The van der Waals surface area contributed by atoms with E-state index in [0.717, 1.165) is 17.7 Å². The maximum atomic E-state index is 11.4. The molecular weight excluding hydrogens is 276 g/mol. The monoisotopic (exact) mass is 298 g/mol. The van der Waals surface area contributed by atoms with Crippen LogP contribution in [0.3, 0.4) is 0 Å². The summed E-state index contributed by atoms with van der Waals surface area (Å²) in [4.78, 5) is 11.4. The van der Waals surface area contributed by atoms with E-state index in [1.165, 1.54) is 5.56 Å². The summed E-state index contributed by atoms with van der Waals surface area (Å²) in [5.74, 6) is -0.408. The Morgan fingerprint density at radius 2 is 1.77 bits per heavy atom. The number of benzene rings is 2. The van der Waals surface area contributed by atoms with Crippen LogP contribution in [0.2, 0.25) is 0 Å². The van der Waals surface area contributed by atoms with Crippen LogP contribution >= 0.6 is 0 Å². The molecule has 2 aromatic rings. The number of rotatable bonds is 8. The van der Waals surface area contributed by atoms with Gasteiger partial charge in [-0.1, -0.05) is 49.4 Å². The Morgan fingerprint density at radius 3 is 2.36 bits per heavy atom.